The van der Waals surface area contributed by atoms with Crippen molar-refractivity contribution < 1.29 is 9.84 Å². The summed E-state index contributed by atoms with van der Waals surface area (Å²) in [5.74, 6) is 0. The van der Waals surface area contributed by atoms with E-state index in [9.17, 15) is 5.11 Å². The molecule has 0 amide bonds. The minimum absolute atomic E-state index is 0.515. The molecule has 0 radical (unpaired) electrons. The van der Waals surface area contributed by atoms with Crippen molar-refractivity contribution >= 4 is 34.0 Å². The Morgan fingerprint density at radius 2 is 2.12 bits per heavy atom. The Labute approximate surface area is 115 Å². The standard InChI is InChI=1S/C12H17IN2O2/c13-9-1-2-11(10(14)7-9)15-8-12(16)3-5-17-6-4-12/h1-2,7,15-16H,3-6,8,14H2. The van der Waals surface area contributed by atoms with E-state index in [1.54, 1.807) is 0 Å². The Bertz CT molecular complexity index is 392. The third-order valence-corrected chi connectivity index (χ3v) is 3.72. The summed E-state index contributed by atoms with van der Waals surface area (Å²) in [6, 6.07) is 5.85. The zero-order valence-electron chi connectivity index (χ0n) is 9.58. The molecule has 0 aromatic heterocycles. The summed E-state index contributed by atoms with van der Waals surface area (Å²) in [7, 11) is 0. The van der Waals surface area contributed by atoms with Crippen molar-refractivity contribution in [3.05, 3.63) is 21.8 Å². The second-order valence-corrected chi connectivity index (χ2v) is 5.67. The van der Waals surface area contributed by atoms with E-state index in [1.807, 2.05) is 18.2 Å². The summed E-state index contributed by atoms with van der Waals surface area (Å²) in [6.07, 6.45) is 1.34. The number of nitrogen functional groups attached to an aromatic ring is 1. The molecule has 1 saturated heterocycles. The monoisotopic (exact) mass is 348 g/mol. The number of ether oxygens (including phenoxy) is 1. The van der Waals surface area contributed by atoms with Gasteiger partial charge in [-0.1, -0.05) is 0 Å². The van der Waals surface area contributed by atoms with E-state index in [4.69, 9.17) is 10.5 Å². The van der Waals surface area contributed by atoms with Crippen LogP contribution in [0.15, 0.2) is 18.2 Å². The number of nitrogens with one attached hydrogen (secondary N) is 1. The summed E-state index contributed by atoms with van der Waals surface area (Å²) in [5.41, 5.74) is 6.83. The minimum Gasteiger partial charge on any atom is -0.397 e. The lowest BCUT2D eigenvalue weighted by Crippen LogP contribution is -2.42. The highest BCUT2D eigenvalue weighted by Gasteiger charge is 2.29. The first-order valence-corrected chi connectivity index (χ1v) is 6.76. The lowest BCUT2D eigenvalue weighted by atomic mass is 9.94. The van der Waals surface area contributed by atoms with Gasteiger partial charge in [-0.2, -0.15) is 0 Å². The van der Waals surface area contributed by atoms with Crippen LogP contribution in [0.5, 0.6) is 0 Å². The highest BCUT2D eigenvalue weighted by molar-refractivity contribution is 14.1. The van der Waals surface area contributed by atoms with Gasteiger partial charge in [0.2, 0.25) is 0 Å². The van der Waals surface area contributed by atoms with Gasteiger partial charge in [-0.25, -0.2) is 0 Å². The number of benzene rings is 1. The molecule has 1 heterocycles. The molecule has 17 heavy (non-hydrogen) atoms. The Kier molecular flexibility index (Phi) is 4.11. The van der Waals surface area contributed by atoms with Crippen LogP contribution < -0.4 is 11.1 Å². The van der Waals surface area contributed by atoms with Crippen molar-refractivity contribution in [3.8, 4) is 0 Å². The van der Waals surface area contributed by atoms with Gasteiger partial charge in [-0.05, 0) is 40.8 Å². The molecule has 1 aromatic rings. The maximum Gasteiger partial charge on any atom is 0.0863 e. The molecular formula is C12H17IN2O2. The average molecular weight is 348 g/mol. The fourth-order valence-corrected chi connectivity index (χ4v) is 2.40. The number of nitrogens with two attached hydrogens (primary N) is 1. The van der Waals surface area contributed by atoms with Crippen LogP contribution in [0.2, 0.25) is 0 Å². The van der Waals surface area contributed by atoms with E-state index < -0.39 is 5.60 Å². The number of rotatable bonds is 3. The van der Waals surface area contributed by atoms with Crippen LogP contribution in [0.3, 0.4) is 0 Å². The molecule has 1 aromatic carbocycles. The molecular weight excluding hydrogens is 331 g/mol. The molecule has 5 heteroatoms. The molecule has 0 atom stereocenters. The first-order chi connectivity index (χ1) is 8.09. The molecule has 94 valence electrons. The van der Waals surface area contributed by atoms with Crippen LogP contribution in [0, 0.1) is 3.57 Å². The van der Waals surface area contributed by atoms with E-state index in [-0.39, 0.29) is 0 Å². The van der Waals surface area contributed by atoms with Gasteiger partial charge in [0.25, 0.3) is 0 Å². The molecule has 2 rings (SSSR count). The van der Waals surface area contributed by atoms with E-state index in [1.165, 1.54) is 0 Å². The predicted molar refractivity (Wildman–Crippen MR) is 77.1 cm³/mol. The van der Waals surface area contributed by atoms with Gasteiger partial charge >= 0.3 is 0 Å². The molecule has 0 bridgehead atoms. The zero-order chi connectivity index (χ0) is 12.3. The van der Waals surface area contributed by atoms with Crippen molar-refractivity contribution in [2.75, 3.05) is 30.8 Å². The summed E-state index contributed by atoms with van der Waals surface area (Å²) in [6.45, 7) is 1.77. The summed E-state index contributed by atoms with van der Waals surface area (Å²) >= 11 is 2.22. The number of anilines is 2. The molecule has 0 saturated carbocycles. The van der Waals surface area contributed by atoms with Crippen LogP contribution >= 0.6 is 22.6 Å². The van der Waals surface area contributed by atoms with Crippen molar-refractivity contribution in [1.82, 2.24) is 0 Å². The minimum atomic E-state index is -0.673. The number of halogens is 1. The van der Waals surface area contributed by atoms with Gasteiger partial charge in [-0.15, -0.1) is 0 Å². The second-order valence-electron chi connectivity index (χ2n) is 4.42. The molecule has 0 spiro atoms. The van der Waals surface area contributed by atoms with Crippen LogP contribution in [0.4, 0.5) is 11.4 Å². The average Bonchev–Trinajstić information content (AvgIpc) is 2.29. The number of hydrogen-bond donors (Lipinski definition) is 3. The Hall–Kier alpha value is -0.530. The lowest BCUT2D eigenvalue weighted by molar-refractivity contribution is -0.0543. The van der Waals surface area contributed by atoms with Crippen LogP contribution in [-0.4, -0.2) is 30.5 Å². The number of hydrogen-bond acceptors (Lipinski definition) is 4. The molecule has 4 N–H and O–H groups in total. The van der Waals surface area contributed by atoms with Gasteiger partial charge in [-0.3, -0.25) is 0 Å². The Morgan fingerprint density at radius 3 is 2.76 bits per heavy atom. The molecule has 1 aliphatic heterocycles. The van der Waals surface area contributed by atoms with E-state index >= 15 is 0 Å². The quantitative estimate of drug-likeness (QED) is 0.576. The lowest BCUT2D eigenvalue weighted by Gasteiger charge is -2.32. The molecule has 0 unspecified atom stereocenters. The summed E-state index contributed by atoms with van der Waals surface area (Å²) in [4.78, 5) is 0. The fourth-order valence-electron chi connectivity index (χ4n) is 1.88. The fraction of sp³-hybridized carbons (Fsp3) is 0.500. The first-order valence-electron chi connectivity index (χ1n) is 5.68. The van der Waals surface area contributed by atoms with Crippen molar-refractivity contribution in [3.63, 3.8) is 0 Å². The van der Waals surface area contributed by atoms with Crippen LogP contribution in [0.25, 0.3) is 0 Å². The molecule has 0 aliphatic carbocycles. The maximum atomic E-state index is 10.3. The normalized spacial score (nSPS) is 18.9. The molecule has 1 fully saturated rings. The Morgan fingerprint density at radius 1 is 1.41 bits per heavy atom. The highest BCUT2D eigenvalue weighted by Crippen LogP contribution is 2.24. The van der Waals surface area contributed by atoms with Crippen LogP contribution in [0.1, 0.15) is 12.8 Å². The zero-order valence-corrected chi connectivity index (χ0v) is 11.7. The van der Waals surface area contributed by atoms with Gasteiger partial charge < -0.3 is 20.9 Å². The van der Waals surface area contributed by atoms with Crippen molar-refractivity contribution in [1.29, 1.82) is 0 Å². The van der Waals surface area contributed by atoms with Crippen molar-refractivity contribution in [2.45, 2.75) is 18.4 Å². The van der Waals surface area contributed by atoms with Gasteiger partial charge in [0.1, 0.15) is 0 Å². The molecule has 4 nitrogen and oxygen atoms in total. The first kappa shape index (κ1) is 12.9. The third-order valence-electron chi connectivity index (χ3n) is 3.05. The Balaban J connectivity index is 1.97. The van der Waals surface area contributed by atoms with Gasteiger partial charge in [0.15, 0.2) is 0 Å². The highest BCUT2D eigenvalue weighted by atomic mass is 127. The van der Waals surface area contributed by atoms with E-state index in [0.717, 1.165) is 9.26 Å². The van der Waals surface area contributed by atoms with Gasteiger partial charge in [0, 0.05) is 36.2 Å². The van der Waals surface area contributed by atoms with E-state index in [0.29, 0.717) is 38.3 Å². The molecule has 1 aliphatic rings. The predicted octanol–water partition coefficient (Wildman–Crippen LogP) is 1.83. The maximum absolute atomic E-state index is 10.3. The SMILES string of the molecule is Nc1cc(I)ccc1NCC1(O)CCOCC1. The number of aliphatic hydroxyl groups is 1. The van der Waals surface area contributed by atoms with E-state index in [2.05, 4.69) is 27.9 Å². The summed E-state index contributed by atoms with van der Waals surface area (Å²) in [5, 5.41) is 13.5. The third kappa shape index (κ3) is 3.46. The topological polar surface area (TPSA) is 67.5 Å². The summed E-state index contributed by atoms with van der Waals surface area (Å²) < 4.78 is 6.35. The van der Waals surface area contributed by atoms with Crippen LogP contribution in [-0.2, 0) is 4.74 Å². The van der Waals surface area contributed by atoms with Crippen molar-refractivity contribution in [2.24, 2.45) is 0 Å². The smallest absolute Gasteiger partial charge is 0.0863 e. The van der Waals surface area contributed by atoms with Gasteiger partial charge in [0.05, 0.1) is 17.0 Å². The second kappa shape index (κ2) is 5.41. The largest absolute Gasteiger partial charge is 0.397 e.